The van der Waals surface area contributed by atoms with Crippen LogP contribution in [0.1, 0.15) is 18.5 Å². The van der Waals surface area contributed by atoms with Gasteiger partial charge in [0.1, 0.15) is 11.9 Å². The minimum absolute atomic E-state index is 0.227. The summed E-state index contributed by atoms with van der Waals surface area (Å²) in [6.07, 6.45) is 0.808. The van der Waals surface area contributed by atoms with Gasteiger partial charge in [-0.15, -0.1) is 0 Å². The Morgan fingerprint density at radius 2 is 1.90 bits per heavy atom. The van der Waals surface area contributed by atoms with Crippen molar-refractivity contribution >= 4 is 28.7 Å². The third-order valence-electron chi connectivity index (χ3n) is 3.29. The van der Waals surface area contributed by atoms with Crippen LogP contribution in [0, 0.1) is 6.92 Å². The second-order valence-corrected chi connectivity index (χ2v) is 4.79. The lowest BCUT2D eigenvalue weighted by Crippen LogP contribution is -2.47. The predicted octanol–water partition coefficient (Wildman–Crippen LogP) is 1.16. The van der Waals surface area contributed by atoms with E-state index < -0.39 is 6.04 Å². The van der Waals surface area contributed by atoms with Crippen molar-refractivity contribution in [2.75, 3.05) is 5.32 Å². The van der Waals surface area contributed by atoms with Crippen LogP contribution in [0.2, 0.25) is 0 Å². The fourth-order valence-corrected chi connectivity index (χ4v) is 2.22. The van der Waals surface area contributed by atoms with Crippen LogP contribution in [0.25, 0.3) is 11.0 Å². The van der Waals surface area contributed by atoms with E-state index in [0.29, 0.717) is 18.7 Å². The van der Waals surface area contributed by atoms with Gasteiger partial charge in [0.25, 0.3) is 0 Å². The number of anilines is 1. The summed E-state index contributed by atoms with van der Waals surface area (Å²) in [6, 6.07) is 7.12. The lowest BCUT2D eigenvalue weighted by Gasteiger charge is -2.22. The van der Waals surface area contributed by atoms with E-state index in [-0.39, 0.29) is 11.8 Å². The Kier molecular flexibility index (Phi) is 3.06. The molecule has 0 spiro atoms. The van der Waals surface area contributed by atoms with Gasteiger partial charge in [-0.1, -0.05) is 12.1 Å². The maximum absolute atomic E-state index is 11.7. The Hall–Kier alpha value is -2.50. The Bertz CT molecular complexity index is 699. The van der Waals surface area contributed by atoms with E-state index in [9.17, 15) is 9.59 Å². The van der Waals surface area contributed by atoms with Crippen LogP contribution in [0.4, 0.5) is 5.82 Å². The number of carbonyl (C=O) groups is 2. The maximum Gasteiger partial charge on any atom is 0.249 e. The van der Waals surface area contributed by atoms with E-state index in [0.717, 1.165) is 16.7 Å². The maximum atomic E-state index is 11.7. The van der Waals surface area contributed by atoms with Gasteiger partial charge in [0, 0.05) is 6.42 Å². The number of nitrogens with one attached hydrogen (secondary N) is 2. The molecule has 0 saturated carbocycles. The molecule has 0 radical (unpaired) electrons. The molecule has 3 rings (SSSR count). The number of hydrogen-bond acceptors (Lipinski definition) is 5. The first kappa shape index (κ1) is 12.5. The zero-order chi connectivity index (χ0) is 14.1. The molecule has 20 heavy (non-hydrogen) atoms. The predicted molar refractivity (Wildman–Crippen MR) is 74.1 cm³/mol. The molecule has 6 nitrogen and oxygen atoms in total. The molecule has 1 atom stereocenters. The van der Waals surface area contributed by atoms with Gasteiger partial charge in [-0.2, -0.15) is 0 Å². The quantitative estimate of drug-likeness (QED) is 0.800. The third kappa shape index (κ3) is 2.32. The summed E-state index contributed by atoms with van der Waals surface area (Å²) >= 11 is 0. The molecule has 1 fully saturated rings. The number of imide groups is 1. The number of piperidine rings is 1. The zero-order valence-corrected chi connectivity index (χ0v) is 11.0. The number of para-hydroxylation sites is 2. The fraction of sp³-hybridized carbons (Fsp3) is 0.286. The second kappa shape index (κ2) is 4.88. The van der Waals surface area contributed by atoms with Crippen molar-refractivity contribution in [2.45, 2.75) is 25.8 Å². The summed E-state index contributed by atoms with van der Waals surface area (Å²) in [4.78, 5) is 31.8. The number of amides is 2. The fourth-order valence-electron chi connectivity index (χ4n) is 2.22. The van der Waals surface area contributed by atoms with E-state index in [4.69, 9.17) is 0 Å². The van der Waals surface area contributed by atoms with E-state index in [1.807, 2.05) is 31.2 Å². The zero-order valence-electron chi connectivity index (χ0n) is 11.0. The molecule has 2 aromatic rings. The van der Waals surface area contributed by atoms with Gasteiger partial charge in [0.2, 0.25) is 11.8 Å². The molecule has 2 amide bonds. The van der Waals surface area contributed by atoms with E-state index in [1.54, 1.807) is 0 Å². The molecule has 2 heterocycles. The van der Waals surface area contributed by atoms with Crippen molar-refractivity contribution in [3.05, 3.63) is 30.0 Å². The number of fused-ring (bicyclic) bond motifs is 1. The largest absolute Gasteiger partial charge is 0.357 e. The number of hydrogen-bond donors (Lipinski definition) is 2. The summed E-state index contributed by atoms with van der Waals surface area (Å²) < 4.78 is 0. The molecule has 1 unspecified atom stereocenters. The first-order chi connectivity index (χ1) is 9.63. The molecule has 1 aromatic heterocycles. The minimum Gasteiger partial charge on any atom is -0.357 e. The molecule has 6 heteroatoms. The molecule has 1 aliphatic rings. The molecule has 2 N–H and O–H groups in total. The van der Waals surface area contributed by atoms with E-state index >= 15 is 0 Å². The smallest absolute Gasteiger partial charge is 0.249 e. The molecule has 102 valence electrons. The Morgan fingerprint density at radius 3 is 2.60 bits per heavy atom. The van der Waals surface area contributed by atoms with E-state index in [2.05, 4.69) is 20.6 Å². The lowest BCUT2D eigenvalue weighted by molar-refractivity contribution is -0.133. The van der Waals surface area contributed by atoms with Gasteiger partial charge in [0.15, 0.2) is 0 Å². The van der Waals surface area contributed by atoms with Gasteiger partial charge in [-0.05, 0) is 25.5 Å². The van der Waals surface area contributed by atoms with E-state index in [1.165, 1.54) is 0 Å². The molecule has 0 bridgehead atoms. The van der Waals surface area contributed by atoms with Crippen LogP contribution in [0.3, 0.4) is 0 Å². The first-order valence-electron chi connectivity index (χ1n) is 6.47. The standard InChI is InChI=1S/C14H14N4O2/c1-8-13(16-10-5-3-2-4-9(10)15-8)17-11-6-7-12(19)18-14(11)20/h2-5,11H,6-7H2,1H3,(H,16,17)(H,18,19,20). The Labute approximate surface area is 115 Å². The van der Waals surface area contributed by atoms with Gasteiger partial charge < -0.3 is 5.32 Å². The monoisotopic (exact) mass is 270 g/mol. The van der Waals surface area contributed by atoms with Crippen LogP contribution >= 0.6 is 0 Å². The molecule has 0 aliphatic carbocycles. The number of nitrogens with zero attached hydrogens (tertiary/aromatic N) is 2. The highest BCUT2D eigenvalue weighted by molar-refractivity contribution is 6.01. The van der Waals surface area contributed by atoms with Crippen LogP contribution in [0.15, 0.2) is 24.3 Å². The topological polar surface area (TPSA) is 84.0 Å². The van der Waals surface area contributed by atoms with Gasteiger partial charge in [-0.25, -0.2) is 9.97 Å². The molecule has 1 aliphatic heterocycles. The lowest BCUT2D eigenvalue weighted by atomic mass is 10.1. The average Bonchev–Trinajstić information content (AvgIpc) is 2.42. The van der Waals surface area contributed by atoms with Gasteiger partial charge >= 0.3 is 0 Å². The number of benzene rings is 1. The second-order valence-electron chi connectivity index (χ2n) is 4.79. The molecular weight excluding hydrogens is 256 g/mol. The number of rotatable bonds is 2. The SMILES string of the molecule is Cc1nc2ccccc2nc1NC1CCC(=O)NC1=O. The number of carbonyl (C=O) groups excluding carboxylic acids is 2. The Balaban J connectivity index is 1.89. The Morgan fingerprint density at radius 1 is 1.20 bits per heavy atom. The van der Waals surface area contributed by atoms with Gasteiger partial charge in [-0.3, -0.25) is 14.9 Å². The van der Waals surface area contributed by atoms with Crippen molar-refractivity contribution in [1.29, 1.82) is 0 Å². The highest BCUT2D eigenvalue weighted by Gasteiger charge is 2.27. The average molecular weight is 270 g/mol. The van der Waals surface area contributed by atoms with Crippen LogP contribution in [0.5, 0.6) is 0 Å². The summed E-state index contributed by atoms with van der Waals surface area (Å²) in [5.74, 6) is 0.0446. The highest BCUT2D eigenvalue weighted by Crippen LogP contribution is 2.18. The summed E-state index contributed by atoms with van der Waals surface area (Å²) in [5, 5.41) is 5.39. The number of aryl methyl sites for hydroxylation is 1. The van der Waals surface area contributed by atoms with Crippen LogP contribution in [-0.4, -0.2) is 27.8 Å². The minimum atomic E-state index is -0.443. The normalized spacial score (nSPS) is 18.9. The molecule has 1 aromatic carbocycles. The highest BCUT2D eigenvalue weighted by atomic mass is 16.2. The summed E-state index contributed by atoms with van der Waals surface area (Å²) in [5.41, 5.74) is 2.32. The van der Waals surface area contributed by atoms with Gasteiger partial charge in [0.05, 0.1) is 16.7 Å². The molecular formula is C14H14N4O2. The summed E-state index contributed by atoms with van der Waals surface area (Å²) in [6.45, 7) is 1.84. The van der Waals surface area contributed by atoms with Crippen molar-refractivity contribution in [2.24, 2.45) is 0 Å². The van der Waals surface area contributed by atoms with Crippen molar-refractivity contribution in [3.63, 3.8) is 0 Å². The van der Waals surface area contributed by atoms with Crippen molar-refractivity contribution in [3.8, 4) is 0 Å². The summed E-state index contributed by atoms with van der Waals surface area (Å²) in [7, 11) is 0. The van der Waals surface area contributed by atoms with Crippen LogP contribution < -0.4 is 10.6 Å². The third-order valence-corrected chi connectivity index (χ3v) is 3.29. The molecule has 1 saturated heterocycles. The first-order valence-corrected chi connectivity index (χ1v) is 6.47. The number of aromatic nitrogens is 2. The van der Waals surface area contributed by atoms with Crippen LogP contribution in [-0.2, 0) is 9.59 Å². The van der Waals surface area contributed by atoms with Crippen molar-refractivity contribution in [1.82, 2.24) is 15.3 Å². The van der Waals surface area contributed by atoms with Crippen molar-refractivity contribution < 1.29 is 9.59 Å².